The number of hydrogen-bond acceptors (Lipinski definition) is 6. The number of amides is 2. The largest absolute Gasteiger partial charge is 0.494 e. The second-order valence-corrected chi connectivity index (χ2v) is 9.09. The van der Waals surface area contributed by atoms with Gasteiger partial charge in [-0.3, -0.25) is 14.4 Å². The van der Waals surface area contributed by atoms with Gasteiger partial charge in [-0.15, -0.1) is 0 Å². The molecule has 194 valence electrons. The predicted octanol–water partition coefficient (Wildman–Crippen LogP) is 4.14. The molecule has 0 aromatic heterocycles. The molecule has 0 aliphatic heterocycles. The molecule has 1 aliphatic rings. The summed E-state index contributed by atoms with van der Waals surface area (Å²) in [6.07, 6.45) is 3.05. The van der Waals surface area contributed by atoms with Crippen molar-refractivity contribution in [1.82, 2.24) is 10.6 Å². The molecule has 0 spiro atoms. The van der Waals surface area contributed by atoms with Gasteiger partial charge in [-0.25, -0.2) is 0 Å². The van der Waals surface area contributed by atoms with Crippen molar-refractivity contribution in [2.24, 2.45) is 5.41 Å². The van der Waals surface area contributed by atoms with E-state index in [0.29, 0.717) is 48.9 Å². The first-order valence-electron chi connectivity index (χ1n) is 12.6. The maximum Gasteiger partial charge on any atom is 0.311 e. The highest BCUT2D eigenvalue weighted by Gasteiger charge is 2.39. The van der Waals surface area contributed by atoms with Crippen LogP contribution in [0.5, 0.6) is 11.5 Å². The summed E-state index contributed by atoms with van der Waals surface area (Å²) in [6.45, 7) is 7.26. The van der Waals surface area contributed by atoms with E-state index in [1.54, 1.807) is 48.5 Å². The summed E-state index contributed by atoms with van der Waals surface area (Å²) < 4.78 is 16.7. The minimum atomic E-state index is -0.439. The van der Waals surface area contributed by atoms with Crippen LogP contribution in [0.3, 0.4) is 0 Å². The lowest BCUT2D eigenvalue weighted by atomic mass is 9.74. The van der Waals surface area contributed by atoms with Gasteiger partial charge in [-0.05, 0) is 95.0 Å². The molecule has 0 saturated heterocycles. The van der Waals surface area contributed by atoms with Crippen LogP contribution in [-0.2, 0) is 9.53 Å². The third kappa shape index (κ3) is 7.47. The molecule has 0 heterocycles. The SMILES string of the molecule is CCOc1ccc(C(=O)NCCNC(=O)c2ccc(O[C@H]3CC[C@](C)(C(=O)OCC)CC3)cc2)cc1. The van der Waals surface area contributed by atoms with Crippen LogP contribution in [0.1, 0.15) is 67.2 Å². The van der Waals surface area contributed by atoms with E-state index in [4.69, 9.17) is 14.2 Å². The van der Waals surface area contributed by atoms with E-state index in [9.17, 15) is 14.4 Å². The van der Waals surface area contributed by atoms with Crippen LogP contribution in [0, 0.1) is 5.41 Å². The van der Waals surface area contributed by atoms with Crippen LogP contribution in [0.4, 0.5) is 0 Å². The van der Waals surface area contributed by atoms with Crippen LogP contribution < -0.4 is 20.1 Å². The van der Waals surface area contributed by atoms with Gasteiger partial charge in [-0.1, -0.05) is 0 Å². The van der Waals surface area contributed by atoms with Crippen LogP contribution in [-0.4, -0.2) is 50.2 Å². The number of hydrogen-bond donors (Lipinski definition) is 2. The fraction of sp³-hybridized carbons (Fsp3) is 0.464. The van der Waals surface area contributed by atoms with Crippen molar-refractivity contribution >= 4 is 17.8 Å². The number of nitrogens with one attached hydrogen (secondary N) is 2. The number of ether oxygens (including phenoxy) is 3. The van der Waals surface area contributed by atoms with Crippen LogP contribution in [0.2, 0.25) is 0 Å². The molecule has 1 fully saturated rings. The molecule has 2 aromatic rings. The second-order valence-electron chi connectivity index (χ2n) is 9.09. The summed E-state index contributed by atoms with van der Waals surface area (Å²) in [5.74, 6) is 0.848. The van der Waals surface area contributed by atoms with E-state index in [-0.39, 0.29) is 23.9 Å². The summed E-state index contributed by atoms with van der Waals surface area (Å²) in [5.41, 5.74) is 0.605. The van der Waals surface area contributed by atoms with E-state index < -0.39 is 5.41 Å². The Balaban J connectivity index is 1.38. The van der Waals surface area contributed by atoms with E-state index in [1.807, 2.05) is 20.8 Å². The smallest absolute Gasteiger partial charge is 0.311 e. The number of rotatable bonds is 11. The van der Waals surface area contributed by atoms with Crippen molar-refractivity contribution in [3.63, 3.8) is 0 Å². The highest BCUT2D eigenvalue weighted by molar-refractivity contribution is 5.95. The van der Waals surface area contributed by atoms with Crippen molar-refractivity contribution in [3.8, 4) is 11.5 Å². The molecule has 2 amide bonds. The Bertz CT molecular complexity index is 1010. The zero-order valence-corrected chi connectivity index (χ0v) is 21.3. The first-order valence-corrected chi connectivity index (χ1v) is 12.6. The lowest BCUT2D eigenvalue weighted by Gasteiger charge is -2.35. The maximum absolute atomic E-state index is 12.4. The molecule has 8 nitrogen and oxygen atoms in total. The molecule has 0 unspecified atom stereocenters. The topological polar surface area (TPSA) is 103 Å². The maximum atomic E-state index is 12.4. The molecule has 0 bridgehead atoms. The summed E-state index contributed by atoms with van der Waals surface area (Å²) >= 11 is 0. The fourth-order valence-electron chi connectivity index (χ4n) is 4.16. The third-order valence-corrected chi connectivity index (χ3v) is 6.35. The first kappa shape index (κ1) is 27.0. The predicted molar refractivity (Wildman–Crippen MR) is 136 cm³/mol. The molecule has 1 saturated carbocycles. The van der Waals surface area contributed by atoms with Gasteiger partial charge in [0.15, 0.2) is 0 Å². The number of carbonyl (C=O) groups is 3. The van der Waals surface area contributed by atoms with Gasteiger partial charge in [-0.2, -0.15) is 0 Å². The Hall–Kier alpha value is -3.55. The summed E-state index contributed by atoms with van der Waals surface area (Å²) in [4.78, 5) is 36.8. The highest BCUT2D eigenvalue weighted by atomic mass is 16.5. The molecule has 8 heteroatoms. The Morgan fingerprint density at radius 2 is 1.31 bits per heavy atom. The zero-order chi connectivity index (χ0) is 26.0. The quantitative estimate of drug-likeness (QED) is 0.358. The van der Waals surface area contributed by atoms with Crippen LogP contribution in [0.25, 0.3) is 0 Å². The summed E-state index contributed by atoms with van der Waals surface area (Å²) in [6, 6.07) is 13.9. The van der Waals surface area contributed by atoms with E-state index >= 15 is 0 Å². The average Bonchev–Trinajstić information content (AvgIpc) is 2.89. The van der Waals surface area contributed by atoms with Crippen molar-refractivity contribution in [1.29, 1.82) is 0 Å². The van der Waals surface area contributed by atoms with Crippen molar-refractivity contribution in [2.75, 3.05) is 26.3 Å². The lowest BCUT2D eigenvalue weighted by molar-refractivity contribution is -0.157. The van der Waals surface area contributed by atoms with Crippen molar-refractivity contribution < 1.29 is 28.6 Å². The first-order chi connectivity index (χ1) is 17.3. The van der Waals surface area contributed by atoms with Gasteiger partial charge in [0.05, 0.1) is 24.7 Å². The molecular weight excluding hydrogens is 460 g/mol. The average molecular weight is 497 g/mol. The summed E-state index contributed by atoms with van der Waals surface area (Å²) in [5, 5.41) is 5.59. The van der Waals surface area contributed by atoms with Gasteiger partial charge < -0.3 is 24.8 Å². The third-order valence-electron chi connectivity index (χ3n) is 6.35. The standard InChI is InChI=1S/C28H36N2O6/c1-4-34-22-10-6-20(7-11-22)25(31)29-18-19-30-26(32)21-8-12-23(13-9-21)36-24-14-16-28(3,17-15-24)27(33)35-5-2/h6-13,24H,4-5,14-19H2,1-3H3,(H,29,31)(H,30,32)/t24-,28-. The Labute approximate surface area is 212 Å². The number of esters is 1. The zero-order valence-electron chi connectivity index (χ0n) is 21.3. The van der Waals surface area contributed by atoms with Crippen molar-refractivity contribution in [2.45, 2.75) is 52.6 Å². The van der Waals surface area contributed by atoms with Gasteiger partial charge in [0.25, 0.3) is 11.8 Å². The fourth-order valence-corrected chi connectivity index (χ4v) is 4.16. The molecule has 0 radical (unpaired) electrons. The van der Waals surface area contributed by atoms with Gasteiger partial charge in [0, 0.05) is 24.2 Å². The highest BCUT2D eigenvalue weighted by Crippen LogP contribution is 2.38. The number of benzene rings is 2. The molecule has 2 aromatic carbocycles. The molecular formula is C28H36N2O6. The second kappa shape index (κ2) is 13.0. The van der Waals surface area contributed by atoms with Crippen LogP contribution in [0.15, 0.2) is 48.5 Å². The minimum absolute atomic E-state index is 0.0335. The Morgan fingerprint density at radius 3 is 1.78 bits per heavy atom. The molecule has 3 rings (SSSR count). The molecule has 36 heavy (non-hydrogen) atoms. The Morgan fingerprint density at radius 1 is 0.806 bits per heavy atom. The summed E-state index contributed by atoms with van der Waals surface area (Å²) in [7, 11) is 0. The lowest BCUT2D eigenvalue weighted by Crippen LogP contribution is -2.37. The normalized spacial score (nSPS) is 19.1. The minimum Gasteiger partial charge on any atom is -0.494 e. The molecule has 2 N–H and O–H groups in total. The van der Waals surface area contributed by atoms with Gasteiger partial charge >= 0.3 is 5.97 Å². The molecule has 0 atom stereocenters. The van der Waals surface area contributed by atoms with E-state index in [2.05, 4.69) is 10.6 Å². The molecule has 1 aliphatic carbocycles. The van der Waals surface area contributed by atoms with E-state index in [0.717, 1.165) is 25.7 Å². The van der Waals surface area contributed by atoms with Gasteiger partial charge in [0.1, 0.15) is 11.5 Å². The van der Waals surface area contributed by atoms with Crippen LogP contribution >= 0.6 is 0 Å². The number of carbonyl (C=O) groups excluding carboxylic acids is 3. The van der Waals surface area contributed by atoms with E-state index in [1.165, 1.54) is 0 Å². The van der Waals surface area contributed by atoms with Gasteiger partial charge in [0.2, 0.25) is 0 Å². The monoisotopic (exact) mass is 496 g/mol. The van der Waals surface area contributed by atoms with Crippen molar-refractivity contribution in [3.05, 3.63) is 59.7 Å². The Kier molecular flexibility index (Phi) is 9.73.